The molecule has 2 aliphatic carbocycles. The van der Waals surface area contributed by atoms with Crippen molar-refractivity contribution in [2.24, 2.45) is 17.8 Å². The number of pyridine rings is 1. The van der Waals surface area contributed by atoms with Crippen LogP contribution in [0, 0.1) is 23.6 Å². The smallest absolute Gasteiger partial charge is 0.123 e. The Labute approximate surface area is 143 Å². The zero-order chi connectivity index (χ0) is 16.5. The van der Waals surface area contributed by atoms with E-state index in [-0.39, 0.29) is 5.82 Å². The molecule has 0 N–H and O–H groups in total. The molecule has 0 radical (unpaired) electrons. The van der Waals surface area contributed by atoms with Crippen LogP contribution < -0.4 is 0 Å². The highest BCUT2D eigenvalue weighted by atomic mass is 19.1. The van der Waals surface area contributed by atoms with Crippen molar-refractivity contribution < 1.29 is 4.39 Å². The largest absolute Gasteiger partial charge is 0.264 e. The third-order valence-corrected chi connectivity index (χ3v) is 5.90. The van der Waals surface area contributed by atoms with Gasteiger partial charge in [0.2, 0.25) is 0 Å². The average Bonchev–Trinajstić information content (AvgIpc) is 2.93. The Morgan fingerprint density at radius 2 is 2.00 bits per heavy atom. The van der Waals surface area contributed by atoms with Gasteiger partial charge < -0.3 is 0 Å². The molecule has 0 amide bonds. The molecular formula is C22H24FN. The van der Waals surface area contributed by atoms with Gasteiger partial charge in [0, 0.05) is 12.4 Å². The lowest BCUT2D eigenvalue weighted by molar-refractivity contribution is 0.284. The van der Waals surface area contributed by atoms with Crippen LogP contribution in [0.15, 0.2) is 54.4 Å². The van der Waals surface area contributed by atoms with E-state index in [1.54, 1.807) is 17.7 Å². The van der Waals surface area contributed by atoms with Gasteiger partial charge in [-0.2, -0.15) is 0 Å². The lowest BCUT2D eigenvalue weighted by atomic mass is 9.73. The van der Waals surface area contributed by atoms with E-state index in [0.717, 1.165) is 18.8 Å². The summed E-state index contributed by atoms with van der Waals surface area (Å²) < 4.78 is 13.2. The Morgan fingerprint density at radius 3 is 2.75 bits per heavy atom. The van der Waals surface area contributed by atoms with E-state index in [1.165, 1.54) is 36.0 Å². The van der Waals surface area contributed by atoms with E-state index in [1.807, 2.05) is 30.6 Å². The van der Waals surface area contributed by atoms with Gasteiger partial charge >= 0.3 is 0 Å². The number of hydrogen-bond donors (Lipinski definition) is 0. The molecule has 0 spiro atoms. The van der Waals surface area contributed by atoms with Crippen LogP contribution in [-0.2, 0) is 6.42 Å². The summed E-state index contributed by atoms with van der Waals surface area (Å²) in [6, 6.07) is 11.3. The summed E-state index contributed by atoms with van der Waals surface area (Å²) in [5.74, 6) is 2.03. The van der Waals surface area contributed by atoms with Gasteiger partial charge in [0.25, 0.3) is 0 Å². The van der Waals surface area contributed by atoms with Crippen LogP contribution in [0.2, 0.25) is 0 Å². The van der Waals surface area contributed by atoms with Crippen LogP contribution in [0.4, 0.5) is 4.39 Å². The van der Waals surface area contributed by atoms with Gasteiger partial charge in [-0.3, -0.25) is 4.98 Å². The SMILES string of the molecule is CC1CC(c2ccc(F)cc2)=C2CCC(Cc3cccnc3)CC21. The fourth-order valence-corrected chi connectivity index (χ4v) is 4.70. The molecule has 1 aromatic carbocycles. The molecule has 124 valence electrons. The monoisotopic (exact) mass is 321 g/mol. The Balaban J connectivity index is 1.53. The Kier molecular flexibility index (Phi) is 4.22. The minimum atomic E-state index is -0.146. The normalized spacial score (nSPS) is 26.5. The van der Waals surface area contributed by atoms with Gasteiger partial charge in [-0.25, -0.2) is 4.39 Å². The van der Waals surface area contributed by atoms with Crippen molar-refractivity contribution in [1.29, 1.82) is 0 Å². The molecule has 0 bridgehead atoms. The Hall–Kier alpha value is -1.96. The van der Waals surface area contributed by atoms with Gasteiger partial charge in [0.15, 0.2) is 0 Å². The lowest BCUT2D eigenvalue weighted by Gasteiger charge is -2.31. The maximum Gasteiger partial charge on any atom is 0.123 e. The molecule has 0 aliphatic heterocycles. The minimum absolute atomic E-state index is 0.146. The molecule has 4 rings (SSSR count). The Bertz CT molecular complexity index is 732. The van der Waals surface area contributed by atoms with Gasteiger partial charge in [0.05, 0.1) is 0 Å². The number of fused-ring (bicyclic) bond motifs is 1. The first kappa shape index (κ1) is 15.6. The highest BCUT2D eigenvalue weighted by Gasteiger charge is 2.36. The summed E-state index contributed by atoms with van der Waals surface area (Å²) in [5, 5.41) is 0. The van der Waals surface area contributed by atoms with Crippen molar-refractivity contribution in [3.8, 4) is 0 Å². The van der Waals surface area contributed by atoms with Crippen LogP contribution in [0.3, 0.4) is 0 Å². The van der Waals surface area contributed by atoms with E-state index in [9.17, 15) is 4.39 Å². The maximum absolute atomic E-state index is 13.2. The topological polar surface area (TPSA) is 12.9 Å². The summed E-state index contributed by atoms with van der Waals surface area (Å²) in [5.41, 5.74) is 5.73. The van der Waals surface area contributed by atoms with E-state index in [0.29, 0.717) is 11.8 Å². The van der Waals surface area contributed by atoms with Crippen LogP contribution in [0.1, 0.15) is 43.7 Å². The van der Waals surface area contributed by atoms with Crippen molar-refractivity contribution in [2.45, 2.75) is 39.0 Å². The van der Waals surface area contributed by atoms with Gasteiger partial charge in [-0.15, -0.1) is 0 Å². The highest BCUT2D eigenvalue weighted by molar-refractivity contribution is 5.71. The first-order valence-electron chi connectivity index (χ1n) is 9.07. The predicted octanol–water partition coefficient (Wildman–Crippen LogP) is 5.67. The van der Waals surface area contributed by atoms with Gasteiger partial charge in [-0.05, 0) is 84.8 Å². The third-order valence-electron chi connectivity index (χ3n) is 5.90. The van der Waals surface area contributed by atoms with E-state index in [2.05, 4.69) is 18.0 Å². The summed E-state index contributed by atoms with van der Waals surface area (Å²) in [4.78, 5) is 4.25. The summed E-state index contributed by atoms with van der Waals surface area (Å²) >= 11 is 0. The third kappa shape index (κ3) is 3.02. The summed E-state index contributed by atoms with van der Waals surface area (Å²) in [7, 11) is 0. The molecule has 3 atom stereocenters. The number of nitrogens with zero attached hydrogens (tertiary/aromatic N) is 1. The average molecular weight is 321 g/mol. The second kappa shape index (κ2) is 6.51. The number of allylic oxidation sites excluding steroid dienone is 2. The number of aromatic nitrogens is 1. The number of hydrogen-bond acceptors (Lipinski definition) is 1. The molecule has 2 aliphatic rings. The quantitative estimate of drug-likeness (QED) is 0.709. The molecule has 24 heavy (non-hydrogen) atoms. The lowest BCUT2D eigenvalue weighted by Crippen LogP contribution is -2.21. The summed E-state index contributed by atoms with van der Waals surface area (Å²) in [6.07, 6.45) is 9.90. The van der Waals surface area contributed by atoms with E-state index >= 15 is 0 Å². The molecule has 1 heterocycles. The van der Waals surface area contributed by atoms with Crippen LogP contribution in [-0.4, -0.2) is 4.98 Å². The first-order valence-corrected chi connectivity index (χ1v) is 9.07. The molecule has 1 nitrogen and oxygen atoms in total. The molecule has 1 aromatic heterocycles. The van der Waals surface area contributed by atoms with Crippen LogP contribution >= 0.6 is 0 Å². The number of benzene rings is 1. The molecule has 0 saturated heterocycles. The van der Waals surface area contributed by atoms with Gasteiger partial charge in [-0.1, -0.05) is 30.7 Å². The molecule has 2 aromatic rings. The fraction of sp³-hybridized carbons (Fsp3) is 0.409. The summed E-state index contributed by atoms with van der Waals surface area (Å²) in [6.45, 7) is 2.38. The van der Waals surface area contributed by atoms with Crippen molar-refractivity contribution >= 4 is 5.57 Å². The van der Waals surface area contributed by atoms with Gasteiger partial charge in [0.1, 0.15) is 5.82 Å². The molecule has 1 saturated carbocycles. The molecule has 1 fully saturated rings. The zero-order valence-corrected chi connectivity index (χ0v) is 14.2. The van der Waals surface area contributed by atoms with Crippen LogP contribution in [0.5, 0.6) is 0 Å². The molecular weight excluding hydrogens is 297 g/mol. The second-order valence-corrected chi connectivity index (χ2v) is 7.50. The van der Waals surface area contributed by atoms with Crippen LogP contribution in [0.25, 0.3) is 5.57 Å². The zero-order valence-electron chi connectivity index (χ0n) is 14.2. The van der Waals surface area contributed by atoms with E-state index < -0.39 is 0 Å². The van der Waals surface area contributed by atoms with Crippen molar-refractivity contribution in [2.75, 3.05) is 0 Å². The number of halogens is 1. The number of rotatable bonds is 3. The van der Waals surface area contributed by atoms with Crippen molar-refractivity contribution in [3.63, 3.8) is 0 Å². The predicted molar refractivity (Wildman–Crippen MR) is 95.9 cm³/mol. The highest BCUT2D eigenvalue weighted by Crippen LogP contribution is 2.50. The fourth-order valence-electron chi connectivity index (χ4n) is 4.70. The molecule has 2 heteroatoms. The maximum atomic E-state index is 13.2. The first-order chi connectivity index (χ1) is 11.7. The standard InChI is InChI=1S/C22H24FN/c1-15-11-22(18-5-7-19(23)8-6-18)20-9-4-16(13-21(15)20)12-17-3-2-10-24-14-17/h2-3,5-8,10,14-16,21H,4,9,11-13H2,1H3. The van der Waals surface area contributed by atoms with Crippen molar-refractivity contribution in [1.82, 2.24) is 4.98 Å². The second-order valence-electron chi connectivity index (χ2n) is 7.50. The van der Waals surface area contributed by atoms with E-state index in [4.69, 9.17) is 0 Å². The Morgan fingerprint density at radius 1 is 1.17 bits per heavy atom. The molecule has 3 unspecified atom stereocenters. The van der Waals surface area contributed by atoms with Crippen molar-refractivity contribution in [3.05, 3.63) is 71.3 Å². The minimum Gasteiger partial charge on any atom is -0.264 e.